The van der Waals surface area contributed by atoms with Crippen LogP contribution in [0.5, 0.6) is 0 Å². The first-order valence-electron chi connectivity index (χ1n) is 10.4. The van der Waals surface area contributed by atoms with Crippen LogP contribution in [-0.4, -0.2) is 27.0 Å². The molecule has 5 rings (SSSR count). The van der Waals surface area contributed by atoms with Crippen molar-refractivity contribution in [3.63, 3.8) is 0 Å². The summed E-state index contributed by atoms with van der Waals surface area (Å²) in [6, 6.07) is 15.5. The molecule has 0 saturated carbocycles. The van der Waals surface area contributed by atoms with Gasteiger partial charge in [0, 0.05) is 27.8 Å². The number of benzene rings is 2. The van der Waals surface area contributed by atoms with Gasteiger partial charge in [0.1, 0.15) is 0 Å². The number of para-hydroxylation sites is 1. The second kappa shape index (κ2) is 8.30. The second-order valence-corrected chi connectivity index (χ2v) is 8.81. The van der Waals surface area contributed by atoms with E-state index in [-0.39, 0.29) is 23.7 Å². The van der Waals surface area contributed by atoms with Gasteiger partial charge < -0.3 is 4.90 Å². The van der Waals surface area contributed by atoms with Crippen LogP contribution in [-0.2, 0) is 23.8 Å². The van der Waals surface area contributed by atoms with Crippen LogP contribution in [0.3, 0.4) is 0 Å². The first kappa shape index (κ1) is 21.6. The van der Waals surface area contributed by atoms with Crippen LogP contribution in [0.1, 0.15) is 23.2 Å². The zero-order valence-electron chi connectivity index (χ0n) is 17.3. The van der Waals surface area contributed by atoms with E-state index in [4.69, 9.17) is 0 Å². The maximum atomic E-state index is 13.8. The zero-order valence-corrected chi connectivity index (χ0v) is 18.9. The second-order valence-electron chi connectivity index (χ2n) is 7.89. The maximum absolute atomic E-state index is 13.8. The highest BCUT2D eigenvalue weighted by Crippen LogP contribution is 2.33. The number of fused-ring (bicyclic) bond motifs is 2. The summed E-state index contributed by atoms with van der Waals surface area (Å²) in [7, 11) is 0. The molecular weight excluding hydrogens is 497 g/mol. The molecule has 0 atom stereocenters. The van der Waals surface area contributed by atoms with Crippen LogP contribution in [0.2, 0.25) is 0 Å². The lowest BCUT2D eigenvalue weighted by Gasteiger charge is -2.29. The maximum Gasteiger partial charge on any atom is 0.433 e. The fraction of sp³-hybridized carbons (Fsp3) is 0.208. The number of halogens is 4. The smallest absolute Gasteiger partial charge is 0.312 e. The summed E-state index contributed by atoms with van der Waals surface area (Å²) in [6.45, 7) is 0.570. The van der Waals surface area contributed by atoms with E-state index < -0.39 is 11.9 Å². The molecular formula is C24H18BrF3N4O. The lowest BCUT2D eigenvalue weighted by Crippen LogP contribution is -2.36. The molecule has 5 nitrogen and oxygen atoms in total. The zero-order chi connectivity index (χ0) is 23.2. The SMILES string of the molecule is O=C(Cc1cnn2c(C(F)(F)F)cc(-c3ccc(Br)cc3)nc12)N1CCCc2ccccc21. The lowest BCUT2D eigenvalue weighted by molar-refractivity contribution is -0.142. The van der Waals surface area contributed by atoms with Gasteiger partial charge in [0.05, 0.1) is 18.3 Å². The standard InChI is InChI=1S/C24H18BrF3N4O/c25-18-9-7-15(8-10-18)19-13-21(24(26,27)28)32-23(30-19)17(14-29-32)12-22(33)31-11-3-5-16-4-1-2-6-20(16)31/h1-2,4,6-10,13-14H,3,5,11-12H2. The molecule has 2 aromatic heterocycles. The molecule has 33 heavy (non-hydrogen) atoms. The number of carbonyl (C=O) groups is 1. The minimum Gasteiger partial charge on any atom is -0.312 e. The van der Waals surface area contributed by atoms with E-state index in [0.717, 1.165) is 39.1 Å². The van der Waals surface area contributed by atoms with Crippen LogP contribution >= 0.6 is 15.9 Å². The van der Waals surface area contributed by atoms with Crippen molar-refractivity contribution in [2.75, 3.05) is 11.4 Å². The normalized spacial score (nSPS) is 13.9. The first-order chi connectivity index (χ1) is 15.8. The van der Waals surface area contributed by atoms with Gasteiger partial charge in [0.2, 0.25) is 5.91 Å². The van der Waals surface area contributed by atoms with E-state index in [1.54, 1.807) is 29.2 Å². The molecule has 3 heterocycles. The molecule has 0 bridgehead atoms. The van der Waals surface area contributed by atoms with E-state index in [1.165, 1.54) is 6.20 Å². The third-order valence-electron chi connectivity index (χ3n) is 5.73. The minimum atomic E-state index is -4.63. The van der Waals surface area contributed by atoms with Crippen LogP contribution in [0.15, 0.2) is 65.3 Å². The number of hydrogen-bond acceptors (Lipinski definition) is 3. The molecule has 2 aromatic carbocycles. The Bertz CT molecular complexity index is 1350. The molecule has 1 amide bonds. The third-order valence-corrected chi connectivity index (χ3v) is 6.26. The molecule has 0 N–H and O–H groups in total. The molecule has 1 aliphatic heterocycles. The van der Waals surface area contributed by atoms with Crippen LogP contribution in [0, 0.1) is 0 Å². The quantitative estimate of drug-likeness (QED) is 0.352. The Balaban J connectivity index is 1.56. The van der Waals surface area contributed by atoms with Gasteiger partial charge in [0.15, 0.2) is 11.3 Å². The Morgan fingerprint density at radius 3 is 2.61 bits per heavy atom. The monoisotopic (exact) mass is 514 g/mol. The fourth-order valence-electron chi connectivity index (χ4n) is 4.15. The van der Waals surface area contributed by atoms with Crippen molar-refractivity contribution in [1.82, 2.24) is 14.6 Å². The van der Waals surface area contributed by atoms with Gasteiger partial charge in [-0.05, 0) is 42.7 Å². The summed E-state index contributed by atoms with van der Waals surface area (Å²) in [5.74, 6) is -0.193. The highest BCUT2D eigenvalue weighted by atomic mass is 79.9. The molecule has 1 aliphatic rings. The third kappa shape index (κ3) is 4.13. The van der Waals surface area contributed by atoms with Crippen molar-refractivity contribution >= 4 is 33.2 Å². The van der Waals surface area contributed by atoms with Gasteiger partial charge in [-0.3, -0.25) is 4.79 Å². The molecule has 0 aliphatic carbocycles. The van der Waals surface area contributed by atoms with Gasteiger partial charge in [-0.2, -0.15) is 18.3 Å². The Morgan fingerprint density at radius 1 is 1.09 bits per heavy atom. The summed E-state index contributed by atoms with van der Waals surface area (Å²) in [6.07, 6.45) is -1.70. The average Bonchev–Trinajstić information content (AvgIpc) is 3.20. The van der Waals surface area contributed by atoms with Gasteiger partial charge in [-0.1, -0.05) is 46.3 Å². The molecule has 168 valence electrons. The molecule has 4 aromatic rings. The Kier molecular flexibility index (Phi) is 5.44. The molecule has 0 fully saturated rings. The Labute approximate surface area is 196 Å². The molecule has 0 unspecified atom stereocenters. The predicted octanol–water partition coefficient (Wildman–Crippen LogP) is 5.70. The number of hydrogen-bond donors (Lipinski definition) is 0. The molecule has 0 radical (unpaired) electrons. The number of aryl methyl sites for hydroxylation is 1. The number of rotatable bonds is 3. The Morgan fingerprint density at radius 2 is 1.85 bits per heavy atom. The molecule has 9 heteroatoms. The summed E-state index contributed by atoms with van der Waals surface area (Å²) in [4.78, 5) is 19.3. The largest absolute Gasteiger partial charge is 0.433 e. The summed E-state index contributed by atoms with van der Waals surface area (Å²) >= 11 is 3.33. The molecule has 0 saturated heterocycles. The molecule has 0 spiro atoms. The summed E-state index contributed by atoms with van der Waals surface area (Å²) in [5.41, 5.74) is 2.09. The van der Waals surface area contributed by atoms with E-state index in [0.29, 0.717) is 17.7 Å². The minimum absolute atomic E-state index is 0.0291. The van der Waals surface area contributed by atoms with Gasteiger partial charge in [-0.25, -0.2) is 9.50 Å². The predicted molar refractivity (Wildman–Crippen MR) is 122 cm³/mol. The number of carbonyl (C=O) groups excluding carboxylic acids is 1. The van der Waals surface area contributed by atoms with Gasteiger partial charge >= 0.3 is 6.18 Å². The topological polar surface area (TPSA) is 50.5 Å². The van der Waals surface area contributed by atoms with Gasteiger partial charge in [-0.15, -0.1) is 0 Å². The van der Waals surface area contributed by atoms with E-state index in [9.17, 15) is 18.0 Å². The Hall–Kier alpha value is -3.20. The van der Waals surface area contributed by atoms with E-state index in [1.807, 2.05) is 24.3 Å². The van der Waals surface area contributed by atoms with Crippen molar-refractivity contribution in [3.05, 3.63) is 82.1 Å². The van der Waals surface area contributed by atoms with Crippen molar-refractivity contribution in [2.24, 2.45) is 0 Å². The summed E-state index contributed by atoms with van der Waals surface area (Å²) in [5, 5.41) is 3.93. The number of amides is 1. The number of aromatic nitrogens is 3. The van der Waals surface area contributed by atoms with Gasteiger partial charge in [0.25, 0.3) is 0 Å². The van der Waals surface area contributed by atoms with Crippen molar-refractivity contribution in [2.45, 2.75) is 25.4 Å². The summed E-state index contributed by atoms with van der Waals surface area (Å²) < 4.78 is 43.1. The van der Waals surface area contributed by atoms with Crippen molar-refractivity contribution in [1.29, 1.82) is 0 Å². The lowest BCUT2D eigenvalue weighted by atomic mass is 10.0. The van der Waals surface area contributed by atoms with Crippen molar-refractivity contribution < 1.29 is 18.0 Å². The fourth-order valence-corrected chi connectivity index (χ4v) is 4.42. The van der Waals surface area contributed by atoms with Crippen LogP contribution in [0.25, 0.3) is 16.9 Å². The number of nitrogens with zero attached hydrogens (tertiary/aromatic N) is 4. The highest BCUT2D eigenvalue weighted by molar-refractivity contribution is 9.10. The average molecular weight is 515 g/mol. The number of anilines is 1. The highest BCUT2D eigenvalue weighted by Gasteiger charge is 2.36. The van der Waals surface area contributed by atoms with E-state index >= 15 is 0 Å². The van der Waals surface area contributed by atoms with E-state index in [2.05, 4.69) is 26.0 Å². The first-order valence-corrected chi connectivity index (χ1v) is 11.2. The number of alkyl halides is 3. The van der Waals surface area contributed by atoms with Crippen LogP contribution < -0.4 is 4.90 Å². The van der Waals surface area contributed by atoms with Crippen molar-refractivity contribution in [3.8, 4) is 11.3 Å². The van der Waals surface area contributed by atoms with Crippen LogP contribution in [0.4, 0.5) is 18.9 Å².